The lowest BCUT2D eigenvalue weighted by atomic mass is 10.0. The first kappa shape index (κ1) is 54.7. The fraction of sp³-hybridized carbons (Fsp3) is 0.411. The predicted molar refractivity (Wildman–Crippen MR) is 295 cm³/mol. The van der Waals surface area contributed by atoms with Crippen LogP contribution in [0.25, 0.3) is 5.57 Å². The molecule has 0 aromatic heterocycles. The Labute approximate surface area is 462 Å². The molecule has 0 saturated heterocycles. The van der Waals surface area contributed by atoms with Gasteiger partial charge >= 0.3 is 0 Å². The van der Waals surface area contributed by atoms with E-state index in [1.807, 2.05) is 30.7 Å². The molecular weight excluding hydrogens is 1120 g/mol. The summed E-state index contributed by atoms with van der Waals surface area (Å²) in [4.78, 5) is 106. The molecule has 0 radical (unpaired) electrons. The number of ether oxygens (including phenoxy) is 4. The second-order valence-corrected chi connectivity index (χ2v) is 21.6. The number of imide groups is 1. The van der Waals surface area contributed by atoms with Crippen LogP contribution < -0.4 is 34.9 Å². The van der Waals surface area contributed by atoms with E-state index < -0.39 is 35.7 Å². The summed E-state index contributed by atoms with van der Waals surface area (Å²) in [6, 6.07) is 11.7. The molecule has 4 atom stereocenters. The largest absolute Gasteiger partial charge is 0.493 e. The van der Waals surface area contributed by atoms with Crippen molar-refractivity contribution in [2.45, 2.75) is 103 Å². The number of halogens is 2. The number of hydrogen-bond donors (Lipinski definition) is 3. The van der Waals surface area contributed by atoms with Gasteiger partial charge < -0.3 is 44.7 Å². The molecule has 1 saturated carbocycles. The minimum absolute atomic E-state index is 0.0924. The topological polar surface area (TPSA) is 227 Å². The first-order chi connectivity index (χ1) is 37.0. The predicted octanol–water partition coefficient (Wildman–Crippen LogP) is 8.26. The summed E-state index contributed by atoms with van der Waals surface area (Å²) in [5.74, 6) is -0.422. The van der Waals surface area contributed by atoms with E-state index in [1.54, 1.807) is 73.2 Å². The molecular formula is C56H60Br2N8O11. The van der Waals surface area contributed by atoms with Gasteiger partial charge in [-0.3, -0.25) is 48.4 Å². The monoisotopic (exact) mass is 1180 g/mol. The number of rotatable bonds is 22. The van der Waals surface area contributed by atoms with Crippen LogP contribution in [-0.2, 0) is 24.0 Å². The molecule has 7 amide bonds. The molecule has 0 spiro atoms. The Balaban J connectivity index is 0.731. The Bertz CT molecular complexity index is 3030. The molecule has 404 valence electrons. The van der Waals surface area contributed by atoms with Gasteiger partial charge in [-0.25, -0.2) is 0 Å². The van der Waals surface area contributed by atoms with E-state index in [9.17, 15) is 33.6 Å². The van der Waals surface area contributed by atoms with Crippen LogP contribution in [-0.4, -0.2) is 127 Å². The van der Waals surface area contributed by atoms with Crippen molar-refractivity contribution in [3.05, 3.63) is 92.2 Å². The highest BCUT2D eigenvalue weighted by molar-refractivity contribution is 9.14. The van der Waals surface area contributed by atoms with Crippen molar-refractivity contribution in [3.8, 4) is 23.0 Å². The summed E-state index contributed by atoms with van der Waals surface area (Å²) in [7, 11) is 3.05. The van der Waals surface area contributed by atoms with Crippen LogP contribution in [0.5, 0.6) is 23.0 Å². The molecule has 5 heterocycles. The van der Waals surface area contributed by atoms with Gasteiger partial charge in [0, 0.05) is 68.5 Å². The number of benzene rings is 3. The van der Waals surface area contributed by atoms with Gasteiger partial charge in [-0.15, -0.1) is 0 Å². The second-order valence-electron chi connectivity index (χ2n) is 20.0. The number of fused-ring (bicyclic) bond motifs is 4. The van der Waals surface area contributed by atoms with E-state index in [4.69, 9.17) is 28.9 Å². The molecule has 3 aromatic rings. The average Bonchev–Trinajstić information content (AvgIpc) is 4.06. The molecule has 0 bridgehead atoms. The standard InChI is InChI=1S/C56H60Br2N8O11/c1-30(2)50(63-47(67)10-7-6-8-17-64-55(72)48(57)49(58)56(64)73)52(69)61-31(3)51(68)62-36-15-13-33(14-16-36)35-21-38-27-60-42-25-46(44(75-5)23-40(42)54(71)66(38)29-35)77-19-9-18-76-45-24-41-39(22-43(45)74-4)53(70)65-28-34(32-11-12-32)20-37(65)26-59-41/h13-16,22-32,37-38,50H,6-12,17-21H2,1-5H3,(H,61,69)(H,62,68)(H,63,67)/t31-,37-,38?,50?/m1/s1. The number of methoxy groups -OCH3 is 2. The van der Waals surface area contributed by atoms with Gasteiger partial charge in [0.05, 0.1) is 62.0 Å². The maximum absolute atomic E-state index is 14.1. The number of nitrogens with one attached hydrogen (secondary N) is 3. The lowest BCUT2D eigenvalue weighted by Gasteiger charge is -2.24. The van der Waals surface area contributed by atoms with Gasteiger partial charge in [-0.2, -0.15) is 0 Å². The lowest BCUT2D eigenvalue weighted by Crippen LogP contribution is -2.53. The number of aliphatic imine (C=N–C) groups is 2. The normalized spacial score (nSPS) is 19.2. The van der Waals surface area contributed by atoms with E-state index >= 15 is 0 Å². The van der Waals surface area contributed by atoms with Gasteiger partial charge in [0.15, 0.2) is 23.0 Å². The van der Waals surface area contributed by atoms with Gasteiger partial charge in [0.25, 0.3) is 23.6 Å². The van der Waals surface area contributed by atoms with Crippen LogP contribution in [0.2, 0.25) is 0 Å². The van der Waals surface area contributed by atoms with Crippen molar-refractivity contribution in [1.29, 1.82) is 0 Å². The first-order valence-corrected chi connectivity index (χ1v) is 27.4. The zero-order chi connectivity index (χ0) is 54.7. The summed E-state index contributed by atoms with van der Waals surface area (Å²) in [5.41, 5.74) is 5.36. The third-order valence-corrected chi connectivity index (χ3v) is 16.2. The van der Waals surface area contributed by atoms with Crippen molar-refractivity contribution in [1.82, 2.24) is 25.3 Å². The Morgan fingerprint density at radius 3 is 1.81 bits per heavy atom. The Morgan fingerprint density at radius 2 is 1.25 bits per heavy atom. The highest BCUT2D eigenvalue weighted by Crippen LogP contribution is 2.45. The minimum Gasteiger partial charge on any atom is -0.493 e. The molecule has 21 heteroatoms. The zero-order valence-electron chi connectivity index (χ0n) is 43.4. The Hall–Kier alpha value is -7.13. The van der Waals surface area contributed by atoms with Crippen molar-refractivity contribution in [2.24, 2.45) is 21.8 Å². The van der Waals surface area contributed by atoms with Crippen molar-refractivity contribution in [3.63, 3.8) is 0 Å². The summed E-state index contributed by atoms with van der Waals surface area (Å²) in [6.07, 6.45) is 13.3. The summed E-state index contributed by atoms with van der Waals surface area (Å²) >= 11 is 6.23. The molecule has 3 N–H and O–H groups in total. The van der Waals surface area contributed by atoms with Crippen LogP contribution >= 0.6 is 31.9 Å². The van der Waals surface area contributed by atoms with Crippen molar-refractivity contribution < 1.29 is 52.5 Å². The van der Waals surface area contributed by atoms with E-state index in [-0.39, 0.29) is 70.9 Å². The van der Waals surface area contributed by atoms with Crippen molar-refractivity contribution >= 4 is 108 Å². The summed E-state index contributed by atoms with van der Waals surface area (Å²) in [6.45, 7) is 5.92. The maximum atomic E-state index is 14.1. The molecule has 6 aliphatic rings. The first-order valence-electron chi connectivity index (χ1n) is 25.8. The third-order valence-electron chi connectivity index (χ3n) is 14.2. The minimum atomic E-state index is -0.929. The molecule has 3 aromatic carbocycles. The molecule has 9 rings (SSSR count). The molecule has 77 heavy (non-hydrogen) atoms. The van der Waals surface area contributed by atoms with E-state index in [0.29, 0.717) is 89.2 Å². The third kappa shape index (κ3) is 12.0. The molecule has 1 fully saturated rings. The smallest absolute Gasteiger partial charge is 0.269 e. The lowest BCUT2D eigenvalue weighted by molar-refractivity contribution is -0.137. The second kappa shape index (κ2) is 23.6. The van der Waals surface area contributed by atoms with Crippen LogP contribution in [0, 0.1) is 11.8 Å². The fourth-order valence-corrected chi connectivity index (χ4v) is 10.5. The van der Waals surface area contributed by atoms with E-state index in [2.05, 4.69) is 47.8 Å². The Kier molecular flexibility index (Phi) is 16.8. The number of carbonyl (C=O) groups is 7. The average molecular weight is 1180 g/mol. The number of hydrogen-bond acceptors (Lipinski definition) is 13. The number of amides is 7. The number of nitrogens with zero attached hydrogens (tertiary/aromatic N) is 5. The quantitative estimate of drug-likeness (QED) is 0.0641. The highest BCUT2D eigenvalue weighted by Gasteiger charge is 2.39. The summed E-state index contributed by atoms with van der Waals surface area (Å²) in [5, 5.41) is 8.34. The van der Waals surface area contributed by atoms with E-state index in [1.165, 1.54) is 32.6 Å². The molecule has 5 aliphatic heterocycles. The summed E-state index contributed by atoms with van der Waals surface area (Å²) < 4.78 is 24.0. The zero-order valence-corrected chi connectivity index (χ0v) is 46.5. The fourth-order valence-electron chi connectivity index (χ4n) is 9.75. The molecule has 2 unspecified atom stereocenters. The highest BCUT2D eigenvalue weighted by atomic mass is 79.9. The number of anilines is 1. The van der Waals surface area contributed by atoms with Crippen LogP contribution in [0.3, 0.4) is 0 Å². The number of unbranched alkanes of at least 4 members (excludes halogenated alkanes) is 2. The van der Waals surface area contributed by atoms with Gasteiger partial charge in [0.1, 0.15) is 21.0 Å². The number of carbonyl (C=O) groups excluding carboxylic acids is 7. The van der Waals surface area contributed by atoms with Crippen LogP contribution in [0.15, 0.2) is 85.5 Å². The van der Waals surface area contributed by atoms with Gasteiger partial charge in [0.2, 0.25) is 17.7 Å². The SMILES string of the molecule is COc1cc2c(cc1OCCCOc1cc3c(cc1OC)C(=O)N1C=C(C4CC4)C[C@@H]1C=N3)N=CC1CC(c3ccc(NC(=O)[C@@H](C)NC(=O)C(NC(=O)CCCCCN4C(=O)C(Br)=C(Br)C4=O)C(C)C)cc3)=CN1C2=O. The van der Waals surface area contributed by atoms with Gasteiger partial charge in [-0.1, -0.05) is 32.4 Å². The van der Waals surface area contributed by atoms with Crippen LogP contribution in [0.1, 0.15) is 105 Å². The van der Waals surface area contributed by atoms with Crippen LogP contribution in [0.4, 0.5) is 17.1 Å². The molecule has 19 nitrogen and oxygen atoms in total. The van der Waals surface area contributed by atoms with E-state index in [0.717, 1.165) is 22.5 Å². The van der Waals surface area contributed by atoms with Crippen molar-refractivity contribution in [2.75, 3.05) is 39.3 Å². The molecule has 1 aliphatic carbocycles. The van der Waals surface area contributed by atoms with Gasteiger partial charge in [-0.05, 0) is 124 Å². The Morgan fingerprint density at radius 1 is 0.675 bits per heavy atom. The maximum Gasteiger partial charge on any atom is 0.269 e.